The molecular weight excluding hydrogens is 335 g/mol. The van der Waals surface area contributed by atoms with E-state index in [2.05, 4.69) is 20.5 Å². The van der Waals surface area contributed by atoms with Gasteiger partial charge in [0.2, 0.25) is 11.9 Å². The first-order valence-electron chi connectivity index (χ1n) is 7.13. The largest absolute Gasteiger partial charge is 0.292 e. The first-order valence-corrected chi connectivity index (χ1v) is 7.51. The Morgan fingerprint density at radius 3 is 2.67 bits per heavy atom. The summed E-state index contributed by atoms with van der Waals surface area (Å²) in [6.45, 7) is 2.20. The molecule has 0 fully saturated rings. The van der Waals surface area contributed by atoms with Crippen LogP contribution in [0.15, 0.2) is 36.8 Å². The van der Waals surface area contributed by atoms with Crippen molar-refractivity contribution in [3.05, 3.63) is 58.9 Å². The van der Waals surface area contributed by atoms with Gasteiger partial charge in [0.25, 0.3) is 0 Å². The Balaban J connectivity index is 1.59. The van der Waals surface area contributed by atoms with Gasteiger partial charge < -0.3 is 0 Å². The second-order valence-electron chi connectivity index (χ2n) is 5.20. The lowest BCUT2D eigenvalue weighted by atomic mass is 10.2. The number of hydrogen-bond donors (Lipinski definition) is 1. The fourth-order valence-electron chi connectivity index (χ4n) is 2.09. The van der Waals surface area contributed by atoms with Crippen LogP contribution in [0.1, 0.15) is 11.3 Å². The number of carbonyl (C=O) groups excluding carboxylic acids is 1. The molecule has 124 valence electrons. The molecule has 0 aliphatic heterocycles. The van der Waals surface area contributed by atoms with Crippen LogP contribution in [-0.4, -0.2) is 30.5 Å². The fraction of sp³-hybridized carbons (Fsp3) is 0.200. The lowest BCUT2D eigenvalue weighted by Gasteiger charge is -2.02. The van der Waals surface area contributed by atoms with Gasteiger partial charge in [0.15, 0.2) is 0 Å². The monoisotopic (exact) mass is 348 g/mol. The van der Waals surface area contributed by atoms with Crippen molar-refractivity contribution >= 4 is 23.5 Å². The molecule has 24 heavy (non-hydrogen) atoms. The molecule has 2 aromatic heterocycles. The summed E-state index contributed by atoms with van der Waals surface area (Å²) in [7, 11) is 0. The fourth-order valence-corrected chi connectivity index (χ4v) is 2.24. The summed E-state index contributed by atoms with van der Waals surface area (Å²) in [4.78, 5) is 16.0. The molecule has 3 rings (SSSR count). The molecule has 0 unspecified atom stereocenters. The van der Waals surface area contributed by atoms with Crippen LogP contribution >= 0.6 is 11.6 Å². The molecule has 3 aromatic rings. The summed E-state index contributed by atoms with van der Waals surface area (Å²) in [5, 5.41) is 11.4. The Morgan fingerprint density at radius 1 is 1.25 bits per heavy atom. The van der Waals surface area contributed by atoms with Gasteiger partial charge in [0.05, 0.1) is 17.3 Å². The number of aryl methyl sites for hydroxylation is 1. The molecule has 0 saturated carbocycles. The predicted octanol–water partition coefficient (Wildman–Crippen LogP) is 2.26. The topological polar surface area (TPSA) is 77.6 Å². The van der Waals surface area contributed by atoms with Crippen molar-refractivity contribution in [3.8, 4) is 0 Å². The average Bonchev–Trinajstić information content (AvgIpc) is 3.08. The predicted molar refractivity (Wildman–Crippen MR) is 86.1 cm³/mol. The summed E-state index contributed by atoms with van der Waals surface area (Å²) >= 11 is 5.90. The zero-order chi connectivity index (χ0) is 17.1. The van der Waals surface area contributed by atoms with Crippen molar-refractivity contribution in [1.82, 2.24) is 24.5 Å². The third kappa shape index (κ3) is 3.96. The molecule has 0 saturated heterocycles. The Morgan fingerprint density at radius 2 is 2.00 bits per heavy atom. The Labute approximate surface area is 142 Å². The summed E-state index contributed by atoms with van der Waals surface area (Å²) in [6.07, 6.45) is 3.07. The standard InChI is InChI=1S/C15H14ClFN6O/c1-10-13(16)7-22(20-10)8-14(24)19-15-18-9-23(21-15)6-11-2-4-12(17)5-3-11/h2-5,7,9H,6,8H2,1H3,(H,19,21,24). The number of benzene rings is 1. The molecule has 0 aliphatic carbocycles. The number of amides is 1. The number of carbonyl (C=O) groups is 1. The zero-order valence-electron chi connectivity index (χ0n) is 12.8. The lowest BCUT2D eigenvalue weighted by Crippen LogP contribution is -2.20. The SMILES string of the molecule is Cc1nn(CC(=O)Nc2ncn(Cc3ccc(F)cc3)n2)cc1Cl. The van der Waals surface area contributed by atoms with Crippen LogP contribution in [0.4, 0.5) is 10.3 Å². The summed E-state index contributed by atoms with van der Waals surface area (Å²) in [5.74, 6) is -0.412. The van der Waals surface area contributed by atoms with Crippen LogP contribution in [0, 0.1) is 12.7 Å². The van der Waals surface area contributed by atoms with Gasteiger partial charge in [-0.3, -0.25) is 14.8 Å². The van der Waals surface area contributed by atoms with E-state index in [1.807, 2.05) is 0 Å². The van der Waals surface area contributed by atoms with Crippen LogP contribution < -0.4 is 5.32 Å². The minimum Gasteiger partial charge on any atom is -0.292 e. The molecule has 0 radical (unpaired) electrons. The summed E-state index contributed by atoms with van der Waals surface area (Å²) in [6, 6.07) is 6.09. The first kappa shape index (κ1) is 16.1. The van der Waals surface area contributed by atoms with E-state index in [0.717, 1.165) is 5.56 Å². The molecule has 1 aromatic carbocycles. The molecule has 1 amide bonds. The molecule has 7 nitrogen and oxygen atoms in total. The van der Waals surface area contributed by atoms with Gasteiger partial charge >= 0.3 is 0 Å². The van der Waals surface area contributed by atoms with Crippen molar-refractivity contribution < 1.29 is 9.18 Å². The Bertz CT molecular complexity index is 838. The number of nitrogens with one attached hydrogen (secondary N) is 1. The summed E-state index contributed by atoms with van der Waals surface area (Å²) in [5.41, 5.74) is 1.53. The Kier molecular flexibility index (Phi) is 4.57. The number of halogens is 2. The highest BCUT2D eigenvalue weighted by Crippen LogP contribution is 2.12. The quantitative estimate of drug-likeness (QED) is 0.767. The van der Waals surface area contributed by atoms with E-state index in [1.165, 1.54) is 23.1 Å². The van der Waals surface area contributed by atoms with E-state index in [0.29, 0.717) is 17.3 Å². The van der Waals surface area contributed by atoms with E-state index in [-0.39, 0.29) is 24.2 Å². The average molecular weight is 349 g/mol. The molecule has 9 heteroatoms. The normalized spacial score (nSPS) is 10.8. The highest BCUT2D eigenvalue weighted by molar-refractivity contribution is 6.31. The second-order valence-corrected chi connectivity index (χ2v) is 5.61. The third-order valence-electron chi connectivity index (χ3n) is 3.24. The van der Waals surface area contributed by atoms with Crippen molar-refractivity contribution in [1.29, 1.82) is 0 Å². The van der Waals surface area contributed by atoms with Gasteiger partial charge in [-0.15, -0.1) is 5.10 Å². The van der Waals surface area contributed by atoms with Gasteiger partial charge in [-0.1, -0.05) is 23.7 Å². The van der Waals surface area contributed by atoms with E-state index in [4.69, 9.17) is 11.6 Å². The molecule has 1 N–H and O–H groups in total. The van der Waals surface area contributed by atoms with Gasteiger partial charge in [-0.25, -0.2) is 14.1 Å². The highest BCUT2D eigenvalue weighted by Gasteiger charge is 2.10. The molecule has 0 atom stereocenters. The zero-order valence-corrected chi connectivity index (χ0v) is 13.5. The molecule has 0 spiro atoms. The van der Waals surface area contributed by atoms with Crippen LogP contribution in [0.3, 0.4) is 0 Å². The van der Waals surface area contributed by atoms with Crippen molar-refractivity contribution in [3.63, 3.8) is 0 Å². The maximum absolute atomic E-state index is 12.9. The maximum Gasteiger partial charge on any atom is 0.248 e. The Hall–Kier alpha value is -2.74. The third-order valence-corrected chi connectivity index (χ3v) is 3.61. The number of rotatable bonds is 5. The molecular formula is C15H14ClFN6O. The van der Waals surface area contributed by atoms with Crippen molar-refractivity contribution in [2.45, 2.75) is 20.0 Å². The lowest BCUT2D eigenvalue weighted by molar-refractivity contribution is -0.116. The van der Waals surface area contributed by atoms with Crippen molar-refractivity contribution in [2.24, 2.45) is 0 Å². The smallest absolute Gasteiger partial charge is 0.248 e. The number of aromatic nitrogens is 5. The van der Waals surface area contributed by atoms with Crippen LogP contribution in [0.5, 0.6) is 0 Å². The van der Waals surface area contributed by atoms with Gasteiger partial charge in [0, 0.05) is 6.20 Å². The highest BCUT2D eigenvalue weighted by atomic mass is 35.5. The molecule has 0 bridgehead atoms. The number of anilines is 1. The molecule has 2 heterocycles. The van der Waals surface area contributed by atoms with Crippen molar-refractivity contribution in [2.75, 3.05) is 5.32 Å². The molecule has 0 aliphatic rings. The van der Waals surface area contributed by atoms with E-state index in [1.54, 1.807) is 29.9 Å². The number of nitrogens with zero attached hydrogens (tertiary/aromatic N) is 5. The van der Waals surface area contributed by atoms with E-state index in [9.17, 15) is 9.18 Å². The minimum atomic E-state index is -0.311. The van der Waals surface area contributed by atoms with Gasteiger partial charge in [-0.05, 0) is 24.6 Å². The summed E-state index contributed by atoms with van der Waals surface area (Å²) < 4.78 is 15.9. The van der Waals surface area contributed by atoms with Crippen LogP contribution in [0.25, 0.3) is 0 Å². The van der Waals surface area contributed by atoms with Gasteiger partial charge in [-0.2, -0.15) is 5.10 Å². The number of hydrogen-bond acceptors (Lipinski definition) is 4. The van der Waals surface area contributed by atoms with Gasteiger partial charge in [0.1, 0.15) is 18.7 Å². The maximum atomic E-state index is 12.9. The second kappa shape index (κ2) is 6.79. The van der Waals surface area contributed by atoms with Crippen LogP contribution in [0.2, 0.25) is 5.02 Å². The van der Waals surface area contributed by atoms with E-state index >= 15 is 0 Å². The van der Waals surface area contributed by atoms with E-state index < -0.39 is 0 Å². The minimum absolute atomic E-state index is 0.0140. The van der Waals surface area contributed by atoms with Crippen LogP contribution in [-0.2, 0) is 17.9 Å². The first-order chi connectivity index (χ1) is 11.5.